The molecule has 7 heteroatoms. The Morgan fingerprint density at radius 3 is 2.48 bits per heavy atom. The molecule has 0 aliphatic heterocycles. The molecule has 1 N–H and O–H groups in total. The normalized spacial score (nSPS) is 10.9. The molecule has 0 aliphatic carbocycles. The average molecular weight is 364 g/mol. The first-order valence-electron chi connectivity index (χ1n) is 8.22. The Labute approximate surface area is 153 Å². The zero-order valence-corrected chi connectivity index (χ0v) is 14.1. The number of carbonyl (C=O) groups excluding carboxylic acids is 1. The van der Waals surface area contributed by atoms with Crippen LogP contribution in [0, 0.1) is 11.6 Å². The van der Waals surface area contributed by atoms with Crippen molar-refractivity contribution in [3.05, 3.63) is 89.8 Å². The van der Waals surface area contributed by atoms with Gasteiger partial charge in [0.05, 0.1) is 18.3 Å². The SMILES string of the molecule is O=C(Nc1c(F)cccc1F)c1cnc2c(cnn2Cc2ccccc2)c1. The van der Waals surface area contributed by atoms with Gasteiger partial charge in [0.25, 0.3) is 5.91 Å². The number of aromatic nitrogens is 3. The lowest BCUT2D eigenvalue weighted by atomic mass is 10.2. The summed E-state index contributed by atoms with van der Waals surface area (Å²) >= 11 is 0. The number of nitrogens with zero attached hydrogens (tertiary/aromatic N) is 3. The molecule has 0 saturated heterocycles. The molecule has 5 nitrogen and oxygen atoms in total. The van der Waals surface area contributed by atoms with Crippen molar-refractivity contribution >= 4 is 22.6 Å². The van der Waals surface area contributed by atoms with Crippen LogP contribution in [-0.2, 0) is 6.54 Å². The van der Waals surface area contributed by atoms with Crippen molar-refractivity contribution in [2.45, 2.75) is 6.54 Å². The van der Waals surface area contributed by atoms with E-state index in [1.165, 1.54) is 12.3 Å². The molecule has 4 aromatic rings. The van der Waals surface area contributed by atoms with Gasteiger partial charge in [0.15, 0.2) is 5.65 Å². The number of benzene rings is 2. The van der Waals surface area contributed by atoms with Crippen molar-refractivity contribution < 1.29 is 13.6 Å². The first-order chi connectivity index (χ1) is 13.1. The minimum absolute atomic E-state index is 0.185. The number of hydrogen-bond donors (Lipinski definition) is 1. The second-order valence-corrected chi connectivity index (χ2v) is 5.98. The lowest BCUT2D eigenvalue weighted by molar-refractivity contribution is 0.102. The zero-order valence-electron chi connectivity index (χ0n) is 14.1. The van der Waals surface area contributed by atoms with E-state index in [-0.39, 0.29) is 5.56 Å². The van der Waals surface area contributed by atoms with E-state index in [0.29, 0.717) is 17.6 Å². The molecule has 4 rings (SSSR count). The van der Waals surface area contributed by atoms with Crippen LogP contribution >= 0.6 is 0 Å². The van der Waals surface area contributed by atoms with Crippen molar-refractivity contribution in [2.24, 2.45) is 0 Å². The van der Waals surface area contributed by atoms with Crippen LogP contribution in [0.25, 0.3) is 11.0 Å². The van der Waals surface area contributed by atoms with E-state index < -0.39 is 23.2 Å². The van der Waals surface area contributed by atoms with Crippen molar-refractivity contribution in [1.82, 2.24) is 14.8 Å². The molecule has 0 bridgehead atoms. The highest BCUT2D eigenvalue weighted by atomic mass is 19.1. The molecular weight excluding hydrogens is 350 g/mol. The van der Waals surface area contributed by atoms with Gasteiger partial charge in [-0.05, 0) is 23.8 Å². The monoisotopic (exact) mass is 364 g/mol. The summed E-state index contributed by atoms with van der Waals surface area (Å²) in [6.45, 7) is 0.545. The standard InChI is InChI=1S/C20H14F2N4O/c21-16-7-4-8-17(22)18(16)25-20(27)15-9-14-11-24-26(19(14)23-10-15)12-13-5-2-1-3-6-13/h1-11H,12H2,(H,25,27). The lowest BCUT2D eigenvalue weighted by Crippen LogP contribution is -2.14. The highest BCUT2D eigenvalue weighted by Gasteiger charge is 2.15. The number of rotatable bonds is 4. The second-order valence-electron chi connectivity index (χ2n) is 5.98. The molecule has 0 radical (unpaired) electrons. The topological polar surface area (TPSA) is 59.8 Å². The fraction of sp³-hybridized carbons (Fsp3) is 0.0500. The summed E-state index contributed by atoms with van der Waals surface area (Å²) in [5.41, 5.74) is 1.39. The Hall–Kier alpha value is -3.61. The van der Waals surface area contributed by atoms with Crippen molar-refractivity contribution in [3.63, 3.8) is 0 Å². The van der Waals surface area contributed by atoms with E-state index in [0.717, 1.165) is 17.7 Å². The number of anilines is 1. The van der Waals surface area contributed by atoms with Crippen LogP contribution in [0.1, 0.15) is 15.9 Å². The molecule has 0 aliphatic rings. The van der Waals surface area contributed by atoms with Crippen LogP contribution in [0.5, 0.6) is 0 Å². The van der Waals surface area contributed by atoms with Crippen LogP contribution in [0.3, 0.4) is 0 Å². The summed E-state index contributed by atoms with van der Waals surface area (Å²) in [6, 6.07) is 14.8. The van der Waals surface area contributed by atoms with Crippen LogP contribution in [-0.4, -0.2) is 20.7 Å². The molecule has 0 spiro atoms. The van der Waals surface area contributed by atoms with Gasteiger partial charge in [-0.2, -0.15) is 5.10 Å². The van der Waals surface area contributed by atoms with Gasteiger partial charge in [-0.15, -0.1) is 0 Å². The average Bonchev–Trinajstić information content (AvgIpc) is 3.07. The molecule has 2 heterocycles. The van der Waals surface area contributed by atoms with Gasteiger partial charge < -0.3 is 5.32 Å². The van der Waals surface area contributed by atoms with Crippen molar-refractivity contribution in [3.8, 4) is 0 Å². The maximum absolute atomic E-state index is 13.7. The minimum atomic E-state index is -0.840. The molecular formula is C20H14F2N4O. The fourth-order valence-corrected chi connectivity index (χ4v) is 2.77. The molecule has 27 heavy (non-hydrogen) atoms. The molecule has 0 unspecified atom stereocenters. The number of pyridine rings is 1. The van der Waals surface area contributed by atoms with Gasteiger partial charge in [-0.3, -0.25) is 4.79 Å². The summed E-state index contributed by atoms with van der Waals surface area (Å²) < 4.78 is 29.1. The third-order valence-corrected chi connectivity index (χ3v) is 4.11. The van der Waals surface area contributed by atoms with E-state index >= 15 is 0 Å². The fourth-order valence-electron chi connectivity index (χ4n) is 2.77. The van der Waals surface area contributed by atoms with Crippen LogP contribution in [0.2, 0.25) is 0 Å². The highest BCUT2D eigenvalue weighted by Crippen LogP contribution is 2.20. The van der Waals surface area contributed by atoms with Crippen LogP contribution in [0.4, 0.5) is 14.5 Å². The second kappa shape index (κ2) is 6.95. The van der Waals surface area contributed by atoms with E-state index in [1.807, 2.05) is 30.3 Å². The Balaban J connectivity index is 1.60. The van der Waals surface area contributed by atoms with Gasteiger partial charge >= 0.3 is 0 Å². The number of fused-ring (bicyclic) bond motifs is 1. The summed E-state index contributed by atoms with van der Waals surface area (Å²) in [4.78, 5) is 16.6. The zero-order chi connectivity index (χ0) is 18.8. The van der Waals surface area contributed by atoms with E-state index in [9.17, 15) is 13.6 Å². The first kappa shape index (κ1) is 16.8. The third-order valence-electron chi connectivity index (χ3n) is 4.11. The van der Waals surface area contributed by atoms with Gasteiger partial charge in [0.1, 0.15) is 17.3 Å². The number of nitrogens with one attached hydrogen (secondary N) is 1. The van der Waals surface area contributed by atoms with Crippen LogP contribution < -0.4 is 5.32 Å². The number of amides is 1. The Kier molecular flexibility index (Phi) is 4.33. The summed E-state index contributed by atoms with van der Waals surface area (Å²) in [7, 11) is 0. The molecule has 0 fully saturated rings. The van der Waals surface area contributed by atoms with Gasteiger partial charge in [-0.25, -0.2) is 18.4 Å². The van der Waals surface area contributed by atoms with Crippen molar-refractivity contribution in [1.29, 1.82) is 0 Å². The Bertz CT molecular complexity index is 1110. The van der Waals surface area contributed by atoms with Gasteiger partial charge in [0.2, 0.25) is 0 Å². The number of para-hydroxylation sites is 1. The minimum Gasteiger partial charge on any atom is -0.317 e. The molecule has 0 saturated carbocycles. The van der Waals surface area contributed by atoms with E-state index in [1.54, 1.807) is 16.9 Å². The maximum Gasteiger partial charge on any atom is 0.257 e. The van der Waals surface area contributed by atoms with Gasteiger partial charge in [-0.1, -0.05) is 36.4 Å². The molecule has 2 aromatic carbocycles. The maximum atomic E-state index is 13.7. The molecule has 0 atom stereocenters. The quantitative estimate of drug-likeness (QED) is 0.595. The third kappa shape index (κ3) is 3.39. The van der Waals surface area contributed by atoms with Crippen LogP contribution in [0.15, 0.2) is 67.0 Å². The lowest BCUT2D eigenvalue weighted by Gasteiger charge is -2.08. The van der Waals surface area contributed by atoms with E-state index in [2.05, 4.69) is 15.4 Å². The molecule has 1 amide bonds. The smallest absolute Gasteiger partial charge is 0.257 e. The summed E-state index contributed by atoms with van der Waals surface area (Å²) in [5, 5.41) is 7.22. The summed E-state index contributed by atoms with van der Waals surface area (Å²) in [6.07, 6.45) is 2.96. The Morgan fingerprint density at radius 1 is 1.00 bits per heavy atom. The number of carbonyl (C=O) groups is 1. The number of halogens is 2. The highest BCUT2D eigenvalue weighted by molar-refractivity contribution is 6.05. The predicted molar refractivity (Wildman–Crippen MR) is 97.4 cm³/mol. The molecule has 134 valence electrons. The van der Waals surface area contributed by atoms with E-state index in [4.69, 9.17) is 0 Å². The molecule has 2 aromatic heterocycles. The number of hydrogen-bond acceptors (Lipinski definition) is 3. The predicted octanol–water partition coefficient (Wildman–Crippen LogP) is 4.01. The Morgan fingerprint density at radius 2 is 1.74 bits per heavy atom. The largest absolute Gasteiger partial charge is 0.317 e. The van der Waals surface area contributed by atoms with Gasteiger partial charge in [0, 0.05) is 11.6 Å². The summed E-state index contributed by atoms with van der Waals surface area (Å²) in [5.74, 6) is -2.33. The first-order valence-corrected chi connectivity index (χ1v) is 8.22. The van der Waals surface area contributed by atoms with Crippen molar-refractivity contribution in [2.75, 3.05) is 5.32 Å².